The molecule has 0 aliphatic rings. The van der Waals surface area contributed by atoms with E-state index in [1.165, 1.54) is 263 Å². The van der Waals surface area contributed by atoms with Gasteiger partial charge in [0, 0.05) is 25.7 Å². The van der Waals surface area contributed by atoms with Crippen molar-refractivity contribution in [3.63, 3.8) is 0 Å². The zero-order chi connectivity index (χ0) is 74.8. The fraction of sp³-hybridized carbons (Fsp3) is 0.952. The number of unbranched alkanes of at least 4 members (excludes halogenated alkanes) is 54. The normalized spacial score (nSPS) is 14.1. The first-order valence-electron chi connectivity index (χ1n) is 43.2. The molecule has 0 saturated carbocycles. The number of phosphoric ester groups is 2. The Morgan fingerprint density at radius 1 is 0.275 bits per heavy atom. The molecule has 0 saturated heterocycles. The van der Waals surface area contributed by atoms with Crippen molar-refractivity contribution < 1.29 is 80.2 Å². The summed E-state index contributed by atoms with van der Waals surface area (Å²) in [5, 5.41) is 10.7. The second-order valence-electron chi connectivity index (χ2n) is 30.1. The third kappa shape index (κ3) is 74.9. The highest BCUT2D eigenvalue weighted by molar-refractivity contribution is 7.47. The molecule has 0 radical (unpaired) electrons. The van der Waals surface area contributed by atoms with E-state index < -0.39 is 97.5 Å². The zero-order valence-electron chi connectivity index (χ0n) is 66.8. The smallest absolute Gasteiger partial charge is 0.462 e. The Kier molecular flexibility index (Phi) is 74.4. The highest BCUT2D eigenvalue weighted by Crippen LogP contribution is 2.45. The molecule has 0 spiro atoms. The molecule has 0 aliphatic heterocycles. The third-order valence-electron chi connectivity index (χ3n) is 19.9. The molecule has 102 heavy (non-hydrogen) atoms. The lowest BCUT2D eigenvalue weighted by molar-refractivity contribution is -0.161. The summed E-state index contributed by atoms with van der Waals surface area (Å²) in [6.07, 6.45) is 68.1. The molecule has 0 aromatic carbocycles. The molecule has 0 heterocycles. The summed E-state index contributed by atoms with van der Waals surface area (Å²) in [6.45, 7) is 7.31. The third-order valence-corrected chi connectivity index (χ3v) is 21.8. The van der Waals surface area contributed by atoms with Gasteiger partial charge in [0.15, 0.2) is 12.2 Å². The van der Waals surface area contributed by atoms with Crippen LogP contribution >= 0.6 is 15.6 Å². The van der Waals surface area contributed by atoms with E-state index in [0.717, 1.165) is 102 Å². The van der Waals surface area contributed by atoms with Crippen LogP contribution in [-0.4, -0.2) is 96.7 Å². The molecule has 0 amide bonds. The number of rotatable bonds is 83. The maximum absolute atomic E-state index is 13.1. The first-order chi connectivity index (χ1) is 49.6. The minimum atomic E-state index is -4.96. The van der Waals surface area contributed by atoms with E-state index >= 15 is 0 Å². The van der Waals surface area contributed by atoms with Gasteiger partial charge >= 0.3 is 39.5 Å². The second-order valence-corrected chi connectivity index (χ2v) is 33.0. The van der Waals surface area contributed by atoms with Crippen molar-refractivity contribution >= 4 is 39.5 Å². The van der Waals surface area contributed by atoms with Gasteiger partial charge in [-0.3, -0.25) is 37.3 Å². The van der Waals surface area contributed by atoms with Gasteiger partial charge < -0.3 is 33.8 Å². The van der Waals surface area contributed by atoms with Crippen molar-refractivity contribution in [3.05, 3.63) is 0 Å². The fourth-order valence-electron chi connectivity index (χ4n) is 12.9. The van der Waals surface area contributed by atoms with Crippen LogP contribution in [0.5, 0.6) is 0 Å². The first-order valence-corrected chi connectivity index (χ1v) is 46.2. The quantitative estimate of drug-likeness (QED) is 0.0222. The summed E-state index contributed by atoms with van der Waals surface area (Å²) in [4.78, 5) is 73.1. The van der Waals surface area contributed by atoms with E-state index in [4.69, 9.17) is 37.0 Å². The number of carbonyl (C=O) groups is 4. The number of aliphatic hydroxyl groups excluding tert-OH is 1. The number of aliphatic hydroxyl groups is 1. The average molecular weight is 1490 g/mol. The van der Waals surface area contributed by atoms with Gasteiger partial charge in [-0.15, -0.1) is 0 Å². The highest BCUT2D eigenvalue weighted by atomic mass is 31.2. The van der Waals surface area contributed by atoms with Crippen LogP contribution in [0.2, 0.25) is 0 Å². The van der Waals surface area contributed by atoms with Gasteiger partial charge in [0.05, 0.1) is 26.4 Å². The van der Waals surface area contributed by atoms with Crippen LogP contribution in [-0.2, 0) is 65.4 Å². The summed E-state index contributed by atoms with van der Waals surface area (Å²) < 4.78 is 68.8. The molecular formula is C83H162O17P2. The zero-order valence-corrected chi connectivity index (χ0v) is 68.5. The largest absolute Gasteiger partial charge is 0.472 e. The average Bonchev–Trinajstić information content (AvgIpc) is 0.919. The summed E-state index contributed by atoms with van der Waals surface area (Å²) in [5.41, 5.74) is 0. The van der Waals surface area contributed by atoms with E-state index in [-0.39, 0.29) is 25.7 Å². The van der Waals surface area contributed by atoms with E-state index in [9.17, 15) is 43.2 Å². The number of phosphoric acid groups is 2. The van der Waals surface area contributed by atoms with Crippen molar-refractivity contribution in [1.29, 1.82) is 0 Å². The van der Waals surface area contributed by atoms with Crippen LogP contribution in [0.3, 0.4) is 0 Å². The van der Waals surface area contributed by atoms with Crippen LogP contribution < -0.4 is 0 Å². The molecule has 606 valence electrons. The number of hydrogen-bond acceptors (Lipinski definition) is 15. The van der Waals surface area contributed by atoms with Gasteiger partial charge in [-0.2, -0.15) is 0 Å². The van der Waals surface area contributed by atoms with Crippen molar-refractivity contribution in [2.24, 2.45) is 5.92 Å². The van der Waals surface area contributed by atoms with Crippen molar-refractivity contribution in [1.82, 2.24) is 0 Å². The molecular weight excluding hydrogens is 1330 g/mol. The SMILES string of the molecule is CCCCCCCCCCCCCCCCCCCCCCCC(=O)O[C@H](COC(=O)CCCCCCCCCCCCCCCCCCC)COP(=O)(O)OC[C@@H](O)COP(=O)(O)OC[C@@H](COC(=O)CCCCCCCCC(C)CC)OC(=O)CCCCCCCCCCCCCCCC. The van der Waals surface area contributed by atoms with Crippen molar-refractivity contribution in [2.45, 2.75) is 464 Å². The molecule has 3 N–H and O–H groups in total. The lowest BCUT2D eigenvalue weighted by Gasteiger charge is -2.21. The van der Waals surface area contributed by atoms with E-state index in [0.29, 0.717) is 25.7 Å². The summed E-state index contributed by atoms with van der Waals surface area (Å²) in [5.74, 6) is -1.37. The maximum atomic E-state index is 13.1. The predicted octanol–water partition coefficient (Wildman–Crippen LogP) is 25.2. The van der Waals surface area contributed by atoms with Gasteiger partial charge in [0.2, 0.25) is 0 Å². The van der Waals surface area contributed by atoms with Crippen LogP contribution in [0, 0.1) is 5.92 Å². The number of esters is 4. The number of ether oxygens (including phenoxy) is 4. The second kappa shape index (κ2) is 75.9. The Balaban J connectivity index is 5.22. The van der Waals surface area contributed by atoms with E-state index in [1.807, 2.05) is 0 Å². The fourth-order valence-corrected chi connectivity index (χ4v) is 14.5. The van der Waals surface area contributed by atoms with Gasteiger partial charge in [-0.05, 0) is 31.6 Å². The van der Waals surface area contributed by atoms with Gasteiger partial charge in [0.25, 0.3) is 0 Å². The topological polar surface area (TPSA) is 237 Å². The van der Waals surface area contributed by atoms with Gasteiger partial charge in [0.1, 0.15) is 19.3 Å². The Hall–Kier alpha value is -1.94. The first kappa shape index (κ1) is 100. The Labute approximate surface area is 626 Å². The molecule has 3 unspecified atom stereocenters. The van der Waals surface area contributed by atoms with Gasteiger partial charge in [-0.25, -0.2) is 9.13 Å². The van der Waals surface area contributed by atoms with Gasteiger partial charge in [-0.1, -0.05) is 394 Å². The molecule has 0 fully saturated rings. The predicted molar refractivity (Wildman–Crippen MR) is 418 cm³/mol. The summed E-state index contributed by atoms with van der Waals surface area (Å²) >= 11 is 0. The van der Waals surface area contributed by atoms with E-state index in [1.54, 1.807) is 0 Å². The lowest BCUT2D eigenvalue weighted by Crippen LogP contribution is -2.30. The minimum absolute atomic E-state index is 0.107. The molecule has 0 aliphatic carbocycles. The Morgan fingerprint density at radius 2 is 0.471 bits per heavy atom. The lowest BCUT2D eigenvalue weighted by atomic mass is 10.00. The Morgan fingerprint density at radius 3 is 0.696 bits per heavy atom. The maximum Gasteiger partial charge on any atom is 0.472 e. The molecule has 0 rings (SSSR count). The molecule has 0 bridgehead atoms. The molecule has 0 aromatic rings. The standard InChI is InChI=1S/C83H162O17P2/c1-6-10-13-16-19-22-25-28-31-33-34-35-36-38-40-43-46-49-52-59-64-69-82(87)99-78(72-93-80(85)66-61-56-50-47-44-42-39-37-32-29-26-23-20-17-14-11-7-2)74-97-101(89,90)95-70-77(84)71-96-102(91,92)98-75-79(73-94-81(86)67-62-57-54-53-55-60-65-76(5)9-4)100-83(88)68-63-58-51-48-45-41-30-27-24-21-18-15-12-8-3/h76-79,84H,6-75H2,1-5H3,(H,89,90)(H,91,92)/t76?,77-,78-,79-/m1/s1. The molecule has 0 aromatic heterocycles. The summed E-state index contributed by atoms with van der Waals surface area (Å²) in [6, 6.07) is 0. The van der Waals surface area contributed by atoms with Crippen molar-refractivity contribution in [3.8, 4) is 0 Å². The summed E-state index contributed by atoms with van der Waals surface area (Å²) in [7, 11) is -9.92. The molecule has 19 heteroatoms. The highest BCUT2D eigenvalue weighted by Gasteiger charge is 2.30. The monoisotopic (exact) mass is 1490 g/mol. The number of carbonyl (C=O) groups excluding carboxylic acids is 4. The Bertz CT molecular complexity index is 1950. The molecule has 6 atom stereocenters. The van der Waals surface area contributed by atoms with Crippen molar-refractivity contribution in [2.75, 3.05) is 39.6 Å². The minimum Gasteiger partial charge on any atom is -0.462 e. The van der Waals surface area contributed by atoms with Crippen LogP contribution in [0.25, 0.3) is 0 Å². The molecule has 17 nitrogen and oxygen atoms in total. The van der Waals surface area contributed by atoms with Crippen LogP contribution in [0.15, 0.2) is 0 Å². The number of hydrogen-bond donors (Lipinski definition) is 3. The van der Waals surface area contributed by atoms with Crippen LogP contribution in [0.1, 0.15) is 446 Å². The van der Waals surface area contributed by atoms with Crippen LogP contribution in [0.4, 0.5) is 0 Å². The van der Waals surface area contributed by atoms with E-state index in [2.05, 4.69) is 34.6 Å².